The van der Waals surface area contributed by atoms with Gasteiger partial charge in [-0.3, -0.25) is 0 Å². The van der Waals surface area contributed by atoms with Crippen LogP contribution >= 0.6 is 0 Å². The average Bonchev–Trinajstić information content (AvgIpc) is 2.64. The number of hydrogen-bond donors (Lipinski definition) is 1. The van der Waals surface area contributed by atoms with E-state index in [-0.39, 0.29) is 5.56 Å². The number of anilines is 1. The lowest BCUT2D eigenvalue weighted by Crippen LogP contribution is -2.20. The molecule has 1 unspecified atom stereocenters. The highest BCUT2D eigenvalue weighted by molar-refractivity contribution is 5.88. The fourth-order valence-corrected chi connectivity index (χ4v) is 2.05. The van der Waals surface area contributed by atoms with E-state index in [9.17, 15) is 9.18 Å². The van der Waals surface area contributed by atoms with Gasteiger partial charge in [0.2, 0.25) is 0 Å². The molecule has 16 heavy (non-hydrogen) atoms. The molecule has 0 aromatic heterocycles. The number of hydrogen-bond acceptors (Lipinski definition) is 2. The number of carboxylic acid groups (broad SMARTS) is 1. The molecule has 0 radical (unpaired) electrons. The molecule has 0 bridgehead atoms. The molecule has 0 aliphatic carbocycles. The fraction of sp³-hybridized carbons (Fsp3) is 0.417. The van der Waals surface area contributed by atoms with Gasteiger partial charge in [0.05, 0.1) is 11.3 Å². The van der Waals surface area contributed by atoms with Gasteiger partial charge in [0.25, 0.3) is 0 Å². The molecule has 1 heterocycles. The highest BCUT2D eigenvalue weighted by Gasteiger charge is 2.21. The lowest BCUT2D eigenvalue weighted by molar-refractivity contribution is 0.0696. The minimum atomic E-state index is -1.10. The van der Waals surface area contributed by atoms with Gasteiger partial charge in [-0.1, -0.05) is 6.92 Å². The molecule has 3 nitrogen and oxygen atoms in total. The number of aromatic carboxylic acids is 1. The average molecular weight is 223 g/mol. The van der Waals surface area contributed by atoms with Gasteiger partial charge in [0.15, 0.2) is 0 Å². The fourth-order valence-electron chi connectivity index (χ4n) is 2.05. The summed E-state index contributed by atoms with van der Waals surface area (Å²) in [4.78, 5) is 12.6. The Balaban J connectivity index is 2.26. The van der Waals surface area contributed by atoms with Crippen LogP contribution in [0, 0.1) is 11.7 Å². The van der Waals surface area contributed by atoms with Crippen LogP contribution in [0.1, 0.15) is 23.7 Å². The van der Waals surface area contributed by atoms with Crippen molar-refractivity contribution in [3.8, 4) is 0 Å². The van der Waals surface area contributed by atoms with Crippen molar-refractivity contribution < 1.29 is 14.3 Å². The van der Waals surface area contributed by atoms with E-state index in [4.69, 9.17) is 5.11 Å². The summed E-state index contributed by atoms with van der Waals surface area (Å²) in [5, 5.41) is 8.73. The summed E-state index contributed by atoms with van der Waals surface area (Å²) in [6.07, 6.45) is 1.06. The molecular weight excluding hydrogens is 209 g/mol. The van der Waals surface area contributed by atoms with E-state index in [0.717, 1.165) is 25.6 Å². The van der Waals surface area contributed by atoms with Crippen LogP contribution in [-0.4, -0.2) is 24.2 Å². The quantitative estimate of drug-likeness (QED) is 0.836. The predicted octanol–water partition coefficient (Wildman–Crippen LogP) is 2.37. The van der Waals surface area contributed by atoms with Crippen LogP contribution in [0.25, 0.3) is 0 Å². The van der Waals surface area contributed by atoms with E-state index < -0.39 is 11.8 Å². The second kappa shape index (κ2) is 4.12. The van der Waals surface area contributed by atoms with E-state index in [1.165, 1.54) is 6.07 Å². The molecule has 1 fully saturated rings. The van der Waals surface area contributed by atoms with Gasteiger partial charge in [0, 0.05) is 13.1 Å². The van der Waals surface area contributed by atoms with Crippen molar-refractivity contribution in [1.29, 1.82) is 0 Å². The SMILES string of the molecule is CC1CCN(c2ccc(C(=O)O)cc2F)C1. The smallest absolute Gasteiger partial charge is 0.335 e. The van der Waals surface area contributed by atoms with Gasteiger partial charge in [-0.15, -0.1) is 0 Å². The summed E-state index contributed by atoms with van der Waals surface area (Å²) in [6, 6.07) is 4.08. The highest BCUT2D eigenvalue weighted by atomic mass is 19.1. The number of carboxylic acids is 1. The van der Waals surface area contributed by atoms with Crippen molar-refractivity contribution in [1.82, 2.24) is 0 Å². The third kappa shape index (κ3) is 2.01. The first-order valence-electron chi connectivity index (χ1n) is 5.35. The van der Waals surface area contributed by atoms with Gasteiger partial charge in [-0.2, -0.15) is 0 Å². The Morgan fingerprint density at radius 2 is 2.31 bits per heavy atom. The molecule has 0 spiro atoms. The first kappa shape index (κ1) is 10.9. The van der Waals surface area contributed by atoms with Crippen LogP contribution in [0.2, 0.25) is 0 Å². The third-order valence-electron chi connectivity index (χ3n) is 2.96. The number of benzene rings is 1. The summed E-state index contributed by atoms with van der Waals surface area (Å²) >= 11 is 0. The van der Waals surface area contributed by atoms with Gasteiger partial charge in [-0.05, 0) is 30.5 Å². The lowest BCUT2D eigenvalue weighted by atomic mass is 10.1. The Labute approximate surface area is 93.5 Å². The van der Waals surface area contributed by atoms with Crippen molar-refractivity contribution in [2.75, 3.05) is 18.0 Å². The van der Waals surface area contributed by atoms with Crippen LogP contribution in [-0.2, 0) is 0 Å². The molecule has 1 N–H and O–H groups in total. The number of nitrogens with zero attached hydrogens (tertiary/aromatic N) is 1. The topological polar surface area (TPSA) is 40.5 Å². The molecule has 1 aliphatic rings. The van der Waals surface area contributed by atoms with Gasteiger partial charge in [-0.25, -0.2) is 9.18 Å². The molecule has 1 aliphatic heterocycles. The molecule has 1 atom stereocenters. The van der Waals surface area contributed by atoms with Crippen LogP contribution in [0.5, 0.6) is 0 Å². The summed E-state index contributed by atoms with van der Waals surface area (Å²) in [5.74, 6) is -0.979. The Bertz CT molecular complexity index is 419. The Hall–Kier alpha value is -1.58. The van der Waals surface area contributed by atoms with Gasteiger partial charge >= 0.3 is 5.97 Å². The van der Waals surface area contributed by atoms with Crippen molar-refractivity contribution in [3.05, 3.63) is 29.6 Å². The molecule has 86 valence electrons. The standard InChI is InChI=1S/C12H14FNO2/c1-8-4-5-14(7-8)11-3-2-9(12(15)16)6-10(11)13/h2-3,6,8H,4-5,7H2,1H3,(H,15,16). The van der Waals surface area contributed by atoms with Crippen LogP contribution in [0.4, 0.5) is 10.1 Å². The zero-order valence-electron chi connectivity index (χ0n) is 9.11. The van der Waals surface area contributed by atoms with Gasteiger partial charge in [0.1, 0.15) is 5.82 Å². The zero-order chi connectivity index (χ0) is 11.7. The number of halogens is 1. The maximum Gasteiger partial charge on any atom is 0.335 e. The van der Waals surface area contributed by atoms with Crippen LogP contribution in [0.15, 0.2) is 18.2 Å². The monoisotopic (exact) mass is 223 g/mol. The van der Waals surface area contributed by atoms with E-state index in [1.807, 2.05) is 4.90 Å². The van der Waals surface area contributed by atoms with Crippen molar-refractivity contribution in [2.45, 2.75) is 13.3 Å². The van der Waals surface area contributed by atoms with Crippen LogP contribution in [0.3, 0.4) is 0 Å². The highest BCUT2D eigenvalue weighted by Crippen LogP contribution is 2.26. The van der Waals surface area contributed by atoms with Crippen molar-refractivity contribution in [2.24, 2.45) is 5.92 Å². The molecule has 1 aromatic rings. The second-order valence-electron chi connectivity index (χ2n) is 4.31. The molecule has 0 saturated carbocycles. The normalized spacial score (nSPS) is 20.1. The number of carbonyl (C=O) groups is 1. The van der Waals surface area contributed by atoms with Crippen LogP contribution < -0.4 is 4.90 Å². The van der Waals surface area contributed by atoms with E-state index in [0.29, 0.717) is 11.6 Å². The van der Waals surface area contributed by atoms with E-state index in [1.54, 1.807) is 6.07 Å². The lowest BCUT2D eigenvalue weighted by Gasteiger charge is -2.18. The maximum absolute atomic E-state index is 13.7. The Morgan fingerprint density at radius 3 is 2.81 bits per heavy atom. The first-order chi connectivity index (χ1) is 7.58. The first-order valence-corrected chi connectivity index (χ1v) is 5.35. The van der Waals surface area contributed by atoms with Crippen molar-refractivity contribution >= 4 is 11.7 Å². The number of rotatable bonds is 2. The third-order valence-corrected chi connectivity index (χ3v) is 2.96. The summed E-state index contributed by atoms with van der Waals surface area (Å²) in [6.45, 7) is 3.80. The predicted molar refractivity (Wildman–Crippen MR) is 59.4 cm³/mol. The maximum atomic E-state index is 13.7. The molecule has 4 heteroatoms. The second-order valence-corrected chi connectivity index (χ2v) is 4.31. The minimum Gasteiger partial charge on any atom is -0.478 e. The summed E-state index contributed by atoms with van der Waals surface area (Å²) in [7, 11) is 0. The molecule has 2 rings (SSSR count). The Kier molecular flexibility index (Phi) is 2.81. The summed E-state index contributed by atoms with van der Waals surface area (Å²) in [5.41, 5.74) is 0.503. The Morgan fingerprint density at radius 1 is 1.56 bits per heavy atom. The zero-order valence-corrected chi connectivity index (χ0v) is 9.11. The molecule has 1 saturated heterocycles. The van der Waals surface area contributed by atoms with Gasteiger partial charge < -0.3 is 10.0 Å². The largest absolute Gasteiger partial charge is 0.478 e. The molecular formula is C12H14FNO2. The van der Waals surface area contributed by atoms with E-state index >= 15 is 0 Å². The van der Waals surface area contributed by atoms with Crippen molar-refractivity contribution in [3.63, 3.8) is 0 Å². The van der Waals surface area contributed by atoms with E-state index in [2.05, 4.69) is 6.92 Å². The molecule has 0 amide bonds. The molecule has 1 aromatic carbocycles. The minimum absolute atomic E-state index is 0.00602. The summed E-state index contributed by atoms with van der Waals surface area (Å²) < 4.78 is 13.7.